The highest BCUT2D eigenvalue weighted by Gasteiger charge is 2.30. The van der Waals surface area contributed by atoms with Gasteiger partial charge in [0.2, 0.25) is 0 Å². The van der Waals surface area contributed by atoms with Gasteiger partial charge in [-0.25, -0.2) is 4.79 Å². The van der Waals surface area contributed by atoms with Gasteiger partial charge in [0.15, 0.2) is 6.61 Å². The summed E-state index contributed by atoms with van der Waals surface area (Å²) >= 11 is 0. The fourth-order valence-corrected chi connectivity index (χ4v) is 2.05. The molecule has 0 atom stereocenters. The van der Waals surface area contributed by atoms with E-state index in [4.69, 9.17) is 9.47 Å². The number of benzene rings is 2. The molecule has 138 valence electrons. The smallest absolute Gasteiger partial charge is 0.416 e. The minimum absolute atomic E-state index is 0.0829. The predicted octanol–water partition coefficient (Wildman–Crippen LogP) is 3.90. The zero-order valence-corrected chi connectivity index (χ0v) is 13.8. The number of halogens is 3. The lowest BCUT2D eigenvalue weighted by Crippen LogP contribution is -2.21. The Morgan fingerprint density at radius 3 is 2.31 bits per heavy atom. The van der Waals surface area contributed by atoms with E-state index in [0.29, 0.717) is 18.0 Å². The monoisotopic (exact) mass is 367 g/mol. The number of para-hydroxylation sites is 2. The zero-order valence-electron chi connectivity index (χ0n) is 13.8. The number of carbonyl (C=O) groups excluding carboxylic acids is 2. The Morgan fingerprint density at radius 1 is 1.04 bits per heavy atom. The molecule has 2 rings (SSSR count). The molecule has 2 aromatic carbocycles. The number of anilines is 1. The molecule has 0 bridgehead atoms. The molecular formula is C18H16F3NO4. The van der Waals surface area contributed by atoms with Crippen LogP contribution in [0.2, 0.25) is 0 Å². The molecule has 0 aliphatic carbocycles. The molecule has 0 aliphatic heterocycles. The number of hydrogen-bond acceptors (Lipinski definition) is 4. The Labute approximate surface area is 147 Å². The molecule has 2 aromatic rings. The van der Waals surface area contributed by atoms with Crippen molar-refractivity contribution in [2.75, 3.05) is 18.5 Å². The number of ether oxygens (including phenoxy) is 2. The molecule has 0 saturated heterocycles. The maximum Gasteiger partial charge on any atom is 0.416 e. The maximum absolute atomic E-state index is 12.5. The first-order valence-electron chi connectivity index (χ1n) is 7.67. The summed E-state index contributed by atoms with van der Waals surface area (Å²) in [5.41, 5.74) is -0.537. The van der Waals surface area contributed by atoms with Crippen LogP contribution in [0.5, 0.6) is 5.75 Å². The molecule has 0 aromatic heterocycles. The van der Waals surface area contributed by atoms with Crippen LogP contribution in [-0.2, 0) is 15.7 Å². The van der Waals surface area contributed by atoms with Crippen LogP contribution in [0, 0.1) is 0 Å². The van der Waals surface area contributed by atoms with Crippen molar-refractivity contribution in [2.24, 2.45) is 0 Å². The maximum atomic E-state index is 12.5. The Kier molecular flexibility index (Phi) is 6.21. The van der Waals surface area contributed by atoms with Gasteiger partial charge in [-0.15, -0.1) is 0 Å². The highest BCUT2D eigenvalue weighted by atomic mass is 19.4. The van der Waals surface area contributed by atoms with Crippen LogP contribution in [-0.4, -0.2) is 25.1 Å². The van der Waals surface area contributed by atoms with Gasteiger partial charge in [0.05, 0.1) is 23.4 Å². The second-order valence-electron chi connectivity index (χ2n) is 5.13. The van der Waals surface area contributed by atoms with Crippen molar-refractivity contribution in [3.63, 3.8) is 0 Å². The topological polar surface area (TPSA) is 64.6 Å². The summed E-state index contributed by atoms with van der Waals surface area (Å²) in [6.07, 6.45) is -4.49. The number of hydrogen-bond donors (Lipinski definition) is 1. The van der Waals surface area contributed by atoms with E-state index >= 15 is 0 Å². The Bertz CT molecular complexity index is 773. The predicted molar refractivity (Wildman–Crippen MR) is 88.0 cm³/mol. The standard InChI is InChI=1S/C18H16F3NO4/c1-2-25-15-6-4-3-5-14(15)22-16(23)11-26-17(24)12-7-9-13(10-8-12)18(19,20)21/h3-10H,2,11H2,1H3,(H,22,23). The molecule has 0 spiro atoms. The summed E-state index contributed by atoms with van der Waals surface area (Å²) < 4.78 is 47.6. The van der Waals surface area contributed by atoms with Crippen LogP contribution in [0.15, 0.2) is 48.5 Å². The van der Waals surface area contributed by atoms with E-state index in [1.54, 1.807) is 31.2 Å². The van der Waals surface area contributed by atoms with Crippen molar-refractivity contribution in [1.29, 1.82) is 0 Å². The minimum Gasteiger partial charge on any atom is -0.492 e. The Balaban J connectivity index is 1.92. The third-order valence-corrected chi connectivity index (χ3v) is 3.24. The van der Waals surface area contributed by atoms with E-state index in [1.165, 1.54) is 0 Å². The van der Waals surface area contributed by atoms with Gasteiger partial charge >= 0.3 is 12.1 Å². The molecule has 0 saturated carbocycles. The lowest BCUT2D eigenvalue weighted by atomic mass is 10.1. The van der Waals surface area contributed by atoms with Crippen molar-refractivity contribution >= 4 is 17.6 Å². The SMILES string of the molecule is CCOc1ccccc1NC(=O)COC(=O)c1ccc(C(F)(F)F)cc1. The molecule has 1 N–H and O–H groups in total. The molecule has 5 nitrogen and oxygen atoms in total. The molecule has 0 fully saturated rings. The lowest BCUT2D eigenvalue weighted by molar-refractivity contribution is -0.137. The normalized spacial score (nSPS) is 10.9. The van der Waals surface area contributed by atoms with Gasteiger partial charge in [-0.05, 0) is 43.3 Å². The summed E-state index contributed by atoms with van der Waals surface area (Å²) in [4.78, 5) is 23.7. The number of nitrogens with one attached hydrogen (secondary N) is 1. The molecular weight excluding hydrogens is 351 g/mol. The first kappa shape index (κ1) is 19.3. The first-order valence-corrected chi connectivity index (χ1v) is 7.67. The van der Waals surface area contributed by atoms with Crippen molar-refractivity contribution < 1.29 is 32.2 Å². The highest BCUT2D eigenvalue weighted by molar-refractivity contribution is 5.96. The van der Waals surface area contributed by atoms with Gasteiger partial charge in [0.25, 0.3) is 5.91 Å². The van der Waals surface area contributed by atoms with Crippen LogP contribution in [0.4, 0.5) is 18.9 Å². The van der Waals surface area contributed by atoms with E-state index in [1.807, 2.05) is 0 Å². The molecule has 0 heterocycles. The number of amides is 1. The summed E-state index contributed by atoms with van der Waals surface area (Å²) in [5, 5.41) is 2.54. The summed E-state index contributed by atoms with van der Waals surface area (Å²) in [7, 11) is 0. The van der Waals surface area contributed by atoms with Crippen molar-refractivity contribution in [1.82, 2.24) is 0 Å². The number of carbonyl (C=O) groups is 2. The fourth-order valence-electron chi connectivity index (χ4n) is 2.05. The summed E-state index contributed by atoms with van der Waals surface area (Å²) in [5.74, 6) is -1.03. The zero-order chi connectivity index (χ0) is 19.2. The van der Waals surface area contributed by atoms with E-state index in [9.17, 15) is 22.8 Å². The van der Waals surface area contributed by atoms with Gasteiger partial charge in [-0.1, -0.05) is 12.1 Å². The minimum atomic E-state index is -4.49. The average Bonchev–Trinajstić information content (AvgIpc) is 2.61. The van der Waals surface area contributed by atoms with E-state index < -0.39 is 30.2 Å². The molecule has 0 aliphatic rings. The van der Waals surface area contributed by atoms with Crippen molar-refractivity contribution in [3.8, 4) is 5.75 Å². The second kappa shape index (κ2) is 8.37. The highest BCUT2D eigenvalue weighted by Crippen LogP contribution is 2.29. The lowest BCUT2D eigenvalue weighted by Gasteiger charge is -2.11. The van der Waals surface area contributed by atoms with Crippen molar-refractivity contribution in [2.45, 2.75) is 13.1 Å². The van der Waals surface area contributed by atoms with Gasteiger partial charge < -0.3 is 14.8 Å². The molecule has 0 radical (unpaired) electrons. The van der Waals surface area contributed by atoms with Crippen LogP contribution >= 0.6 is 0 Å². The number of rotatable bonds is 6. The van der Waals surface area contributed by atoms with E-state index in [2.05, 4.69) is 5.32 Å². The van der Waals surface area contributed by atoms with Gasteiger partial charge in [-0.2, -0.15) is 13.2 Å². The van der Waals surface area contributed by atoms with Gasteiger partial charge in [0.1, 0.15) is 5.75 Å². The molecule has 0 unspecified atom stereocenters. The number of alkyl halides is 3. The van der Waals surface area contributed by atoms with E-state index in [-0.39, 0.29) is 5.56 Å². The first-order chi connectivity index (χ1) is 12.3. The summed E-state index contributed by atoms with van der Waals surface area (Å²) in [6, 6.07) is 10.3. The van der Waals surface area contributed by atoms with Gasteiger partial charge in [-0.3, -0.25) is 4.79 Å². The molecule has 1 amide bonds. The number of esters is 1. The average molecular weight is 367 g/mol. The van der Waals surface area contributed by atoms with Crippen molar-refractivity contribution in [3.05, 3.63) is 59.7 Å². The van der Waals surface area contributed by atoms with E-state index in [0.717, 1.165) is 24.3 Å². The molecule has 26 heavy (non-hydrogen) atoms. The fraction of sp³-hybridized carbons (Fsp3) is 0.222. The third kappa shape index (κ3) is 5.23. The van der Waals surface area contributed by atoms with Crippen LogP contribution in [0.25, 0.3) is 0 Å². The third-order valence-electron chi connectivity index (χ3n) is 3.24. The van der Waals surface area contributed by atoms with Crippen LogP contribution in [0.3, 0.4) is 0 Å². The van der Waals surface area contributed by atoms with Crippen LogP contribution < -0.4 is 10.1 Å². The Morgan fingerprint density at radius 2 is 1.69 bits per heavy atom. The summed E-state index contributed by atoms with van der Waals surface area (Å²) in [6.45, 7) is 1.63. The quantitative estimate of drug-likeness (QED) is 0.787. The van der Waals surface area contributed by atoms with Gasteiger partial charge in [0, 0.05) is 0 Å². The second-order valence-corrected chi connectivity index (χ2v) is 5.13. The van der Waals surface area contributed by atoms with Crippen LogP contribution in [0.1, 0.15) is 22.8 Å². The molecule has 8 heteroatoms. The Hall–Kier alpha value is -3.03. The largest absolute Gasteiger partial charge is 0.492 e.